The minimum Gasteiger partial charge on any atom is -0.376 e. The summed E-state index contributed by atoms with van der Waals surface area (Å²) in [7, 11) is 3.81. The van der Waals surface area contributed by atoms with Crippen molar-refractivity contribution in [1.82, 2.24) is 15.0 Å². The summed E-state index contributed by atoms with van der Waals surface area (Å²) in [6.45, 7) is 2.79. The molecule has 0 bridgehead atoms. The molecule has 0 unspecified atom stereocenters. The van der Waals surface area contributed by atoms with E-state index in [2.05, 4.69) is 22.2 Å². The van der Waals surface area contributed by atoms with E-state index in [0.717, 1.165) is 32.4 Å². The quantitative estimate of drug-likeness (QED) is 0.762. The van der Waals surface area contributed by atoms with Gasteiger partial charge in [-0.25, -0.2) is 0 Å². The van der Waals surface area contributed by atoms with Crippen molar-refractivity contribution in [3.05, 3.63) is 53.4 Å². The lowest BCUT2D eigenvalue weighted by Gasteiger charge is -2.26. The average molecular weight is 357 g/mol. The summed E-state index contributed by atoms with van der Waals surface area (Å²) in [5.74, 6) is 0.564. The van der Waals surface area contributed by atoms with E-state index in [1.54, 1.807) is 18.0 Å². The first kappa shape index (κ1) is 18.6. The second-order valence-electron chi connectivity index (χ2n) is 7.01. The number of benzene rings is 1. The van der Waals surface area contributed by atoms with Gasteiger partial charge in [-0.2, -0.15) is 0 Å². The van der Waals surface area contributed by atoms with Crippen LogP contribution in [0.4, 0.5) is 0 Å². The molecule has 1 aromatic heterocycles. The number of nitrogens with zero attached hydrogens (tertiary/aromatic N) is 3. The van der Waals surface area contributed by atoms with Crippen LogP contribution in [0.2, 0.25) is 0 Å². The molecule has 1 aliphatic rings. The zero-order chi connectivity index (χ0) is 18.4. The number of carbonyl (C=O) groups is 1. The first-order valence-corrected chi connectivity index (χ1v) is 9.17. The molecule has 0 aliphatic carbocycles. The van der Waals surface area contributed by atoms with Gasteiger partial charge in [-0.1, -0.05) is 35.5 Å². The van der Waals surface area contributed by atoms with E-state index < -0.39 is 0 Å². The van der Waals surface area contributed by atoms with E-state index in [9.17, 15) is 4.79 Å². The molecule has 3 rings (SSSR count). The molecular weight excluding hydrogens is 330 g/mol. The van der Waals surface area contributed by atoms with Crippen molar-refractivity contribution >= 4 is 5.91 Å². The third-order valence-electron chi connectivity index (χ3n) is 4.60. The fourth-order valence-electron chi connectivity index (χ4n) is 3.24. The van der Waals surface area contributed by atoms with Gasteiger partial charge in [-0.3, -0.25) is 9.69 Å². The molecule has 140 valence electrons. The molecule has 1 saturated heterocycles. The van der Waals surface area contributed by atoms with Gasteiger partial charge in [0.25, 0.3) is 5.91 Å². The molecule has 1 aromatic carbocycles. The Morgan fingerprint density at radius 3 is 2.73 bits per heavy atom. The Bertz CT molecular complexity index is 695. The number of rotatable bonds is 7. The number of ether oxygens (including phenoxy) is 1. The van der Waals surface area contributed by atoms with Gasteiger partial charge in [0.1, 0.15) is 0 Å². The van der Waals surface area contributed by atoms with Crippen molar-refractivity contribution < 1.29 is 14.1 Å². The van der Waals surface area contributed by atoms with Crippen LogP contribution in [0.3, 0.4) is 0 Å². The van der Waals surface area contributed by atoms with Crippen LogP contribution in [-0.4, -0.2) is 54.2 Å². The normalized spacial score (nSPS) is 17.4. The van der Waals surface area contributed by atoms with Crippen molar-refractivity contribution in [3.8, 4) is 0 Å². The Hall–Kier alpha value is -2.18. The van der Waals surface area contributed by atoms with Crippen molar-refractivity contribution in [2.45, 2.75) is 38.5 Å². The van der Waals surface area contributed by atoms with Crippen LogP contribution < -0.4 is 0 Å². The molecule has 0 spiro atoms. The summed E-state index contributed by atoms with van der Waals surface area (Å²) in [5, 5.41) is 3.96. The van der Waals surface area contributed by atoms with Crippen molar-refractivity contribution in [1.29, 1.82) is 0 Å². The molecule has 0 N–H and O–H groups in total. The van der Waals surface area contributed by atoms with Crippen LogP contribution in [0.25, 0.3) is 0 Å². The fourth-order valence-corrected chi connectivity index (χ4v) is 3.24. The van der Waals surface area contributed by atoms with Gasteiger partial charge in [0, 0.05) is 32.8 Å². The van der Waals surface area contributed by atoms with E-state index in [-0.39, 0.29) is 12.0 Å². The highest BCUT2D eigenvalue weighted by Gasteiger charge is 2.22. The molecule has 1 aliphatic heterocycles. The van der Waals surface area contributed by atoms with Gasteiger partial charge < -0.3 is 14.2 Å². The van der Waals surface area contributed by atoms with Gasteiger partial charge in [-0.15, -0.1) is 0 Å². The van der Waals surface area contributed by atoms with E-state index in [4.69, 9.17) is 9.26 Å². The predicted octanol–water partition coefficient (Wildman–Crippen LogP) is 2.95. The Kier molecular flexibility index (Phi) is 6.41. The molecule has 6 nitrogen and oxygen atoms in total. The highest BCUT2D eigenvalue weighted by Crippen LogP contribution is 2.15. The maximum absolute atomic E-state index is 12.5. The highest BCUT2D eigenvalue weighted by molar-refractivity contribution is 5.92. The SMILES string of the molecule is CN(Cc1ccccc1)Cc1cc(C(=O)N(C)C[C@H]2CCCCO2)no1. The maximum atomic E-state index is 12.5. The van der Waals surface area contributed by atoms with Crippen LogP contribution >= 0.6 is 0 Å². The number of amides is 1. The smallest absolute Gasteiger partial charge is 0.275 e. The van der Waals surface area contributed by atoms with Crippen LogP contribution in [0.15, 0.2) is 40.9 Å². The molecule has 1 amide bonds. The Morgan fingerprint density at radius 1 is 1.19 bits per heavy atom. The minimum absolute atomic E-state index is 0.125. The number of aromatic nitrogens is 1. The Labute approximate surface area is 154 Å². The van der Waals surface area contributed by atoms with Gasteiger partial charge in [-0.05, 0) is 31.9 Å². The van der Waals surface area contributed by atoms with Gasteiger partial charge in [0.05, 0.1) is 12.6 Å². The van der Waals surface area contributed by atoms with Crippen LogP contribution in [0, 0.1) is 0 Å². The first-order valence-electron chi connectivity index (χ1n) is 9.17. The third kappa shape index (κ3) is 5.16. The highest BCUT2D eigenvalue weighted by atomic mass is 16.5. The topological polar surface area (TPSA) is 58.8 Å². The van der Waals surface area contributed by atoms with Crippen molar-refractivity contribution in [3.63, 3.8) is 0 Å². The molecule has 2 heterocycles. The molecular formula is C20H27N3O3. The summed E-state index contributed by atoms with van der Waals surface area (Å²) < 4.78 is 11.1. The fraction of sp³-hybridized carbons (Fsp3) is 0.500. The number of carbonyl (C=O) groups excluding carboxylic acids is 1. The lowest BCUT2D eigenvalue weighted by Crippen LogP contribution is -2.37. The number of hydrogen-bond donors (Lipinski definition) is 0. The lowest BCUT2D eigenvalue weighted by molar-refractivity contribution is -0.000359. The molecule has 6 heteroatoms. The standard InChI is InChI=1S/C20H27N3O3/c1-22(13-16-8-4-3-5-9-16)14-18-12-19(21-26-18)20(24)23(2)15-17-10-6-7-11-25-17/h3-5,8-9,12,17H,6-7,10-11,13-15H2,1-2H3/t17-/m1/s1. The third-order valence-corrected chi connectivity index (χ3v) is 4.60. The zero-order valence-corrected chi connectivity index (χ0v) is 15.6. The van der Waals surface area contributed by atoms with Crippen LogP contribution in [0.1, 0.15) is 41.1 Å². The largest absolute Gasteiger partial charge is 0.376 e. The molecule has 1 fully saturated rings. The molecule has 2 aromatic rings. The average Bonchev–Trinajstić information content (AvgIpc) is 3.11. The molecule has 0 radical (unpaired) electrons. The summed E-state index contributed by atoms with van der Waals surface area (Å²) >= 11 is 0. The Balaban J connectivity index is 1.52. The molecule has 0 saturated carbocycles. The van der Waals surface area contributed by atoms with Gasteiger partial charge in [0.2, 0.25) is 0 Å². The Morgan fingerprint density at radius 2 is 2.00 bits per heavy atom. The lowest BCUT2D eigenvalue weighted by atomic mass is 10.1. The summed E-state index contributed by atoms with van der Waals surface area (Å²) in [5.41, 5.74) is 1.59. The number of likely N-dealkylation sites (N-methyl/N-ethyl adjacent to an activating group) is 1. The second kappa shape index (κ2) is 8.96. The van der Waals surface area contributed by atoms with Crippen LogP contribution in [0.5, 0.6) is 0 Å². The van der Waals surface area contributed by atoms with E-state index >= 15 is 0 Å². The van der Waals surface area contributed by atoms with Gasteiger partial charge in [0.15, 0.2) is 11.5 Å². The van der Waals surface area contributed by atoms with Crippen molar-refractivity contribution in [2.24, 2.45) is 0 Å². The summed E-state index contributed by atoms with van der Waals surface area (Å²) in [6, 6.07) is 12.0. The zero-order valence-electron chi connectivity index (χ0n) is 15.6. The minimum atomic E-state index is -0.125. The number of hydrogen-bond acceptors (Lipinski definition) is 5. The second-order valence-corrected chi connectivity index (χ2v) is 7.01. The monoisotopic (exact) mass is 357 g/mol. The maximum Gasteiger partial charge on any atom is 0.275 e. The summed E-state index contributed by atoms with van der Waals surface area (Å²) in [6.07, 6.45) is 3.40. The van der Waals surface area contributed by atoms with Crippen LogP contribution in [-0.2, 0) is 17.8 Å². The van der Waals surface area contributed by atoms with E-state index in [0.29, 0.717) is 24.5 Å². The van der Waals surface area contributed by atoms with E-state index in [1.165, 1.54) is 5.56 Å². The predicted molar refractivity (Wildman–Crippen MR) is 98.7 cm³/mol. The van der Waals surface area contributed by atoms with Gasteiger partial charge >= 0.3 is 0 Å². The summed E-state index contributed by atoms with van der Waals surface area (Å²) in [4.78, 5) is 16.3. The van der Waals surface area contributed by atoms with E-state index in [1.807, 2.05) is 25.2 Å². The first-order chi connectivity index (χ1) is 12.6. The molecule has 1 atom stereocenters. The molecule has 26 heavy (non-hydrogen) atoms. The van der Waals surface area contributed by atoms with Crippen molar-refractivity contribution in [2.75, 3.05) is 27.2 Å².